The van der Waals surface area contributed by atoms with Gasteiger partial charge in [0.15, 0.2) is 0 Å². The van der Waals surface area contributed by atoms with E-state index in [1.54, 1.807) is 13.4 Å². The molecule has 26 heavy (non-hydrogen) atoms. The predicted octanol–water partition coefficient (Wildman–Crippen LogP) is 4.48. The van der Waals surface area contributed by atoms with Crippen LogP contribution < -0.4 is 15.0 Å². The van der Waals surface area contributed by atoms with Crippen LogP contribution in [0.2, 0.25) is 0 Å². The van der Waals surface area contributed by atoms with Crippen molar-refractivity contribution < 1.29 is 4.74 Å². The fourth-order valence-electron chi connectivity index (χ4n) is 3.41. The number of piperidine rings is 1. The second-order valence-corrected chi connectivity index (χ2v) is 7.40. The van der Waals surface area contributed by atoms with Crippen molar-refractivity contribution in [2.45, 2.75) is 18.9 Å². The molecule has 1 aliphatic rings. The molecule has 1 saturated heterocycles. The number of anilines is 2. The highest BCUT2D eigenvalue weighted by Crippen LogP contribution is 2.27. The van der Waals surface area contributed by atoms with E-state index in [0.717, 1.165) is 52.9 Å². The molecule has 0 aliphatic carbocycles. The Morgan fingerprint density at radius 2 is 1.85 bits per heavy atom. The largest absolute Gasteiger partial charge is 0.497 e. The maximum Gasteiger partial charge on any atom is 0.137 e. The molecular formula is C20H21BrN4O. The number of aromatic nitrogens is 2. The lowest BCUT2D eigenvalue weighted by Crippen LogP contribution is -2.39. The molecule has 0 amide bonds. The molecule has 1 N–H and O–H groups in total. The van der Waals surface area contributed by atoms with E-state index < -0.39 is 0 Å². The van der Waals surface area contributed by atoms with Gasteiger partial charge in [0, 0.05) is 34.7 Å². The molecule has 0 atom stereocenters. The molecule has 0 bridgehead atoms. The highest BCUT2D eigenvalue weighted by Gasteiger charge is 2.20. The average Bonchev–Trinajstić information content (AvgIpc) is 2.69. The number of nitrogens with zero attached hydrogens (tertiary/aromatic N) is 3. The van der Waals surface area contributed by atoms with Crippen LogP contribution in [0.3, 0.4) is 0 Å². The van der Waals surface area contributed by atoms with Crippen molar-refractivity contribution in [1.29, 1.82) is 0 Å². The van der Waals surface area contributed by atoms with Gasteiger partial charge in [-0.15, -0.1) is 0 Å². The normalized spacial score (nSPS) is 15.2. The Kier molecular flexibility index (Phi) is 4.93. The van der Waals surface area contributed by atoms with Crippen LogP contribution in [-0.4, -0.2) is 36.2 Å². The predicted molar refractivity (Wildman–Crippen MR) is 109 cm³/mol. The summed E-state index contributed by atoms with van der Waals surface area (Å²) in [5.41, 5.74) is 2.21. The molecule has 0 saturated carbocycles. The smallest absolute Gasteiger partial charge is 0.137 e. The van der Waals surface area contributed by atoms with Crippen LogP contribution in [0, 0.1) is 0 Å². The van der Waals surface area contributed by atoms with Crippen LogP contribution in [-0.2, 0) is 0 Å². The third-order valence-electron chi connectivity index (χ3n) is 4.87. The monoisotopic (exact) mass is 412 g/mol. The van der Waals surface area contributed by atoms with Gasteiger partial charge in [0.05, 0.1) is 12.6 Å². The maximum atomic E-state index is 5.24. The number of benzene rings is 2. The molecule has 1 aromatic heterocycles. The number of ether oxygens (including phenoxy) is 1. The van der Waals surface area contributed by atoms with Crippen molar-refractivity contribution in [1.82, 2.24) is 9.97 Å². The first kappa shape index (κ1) is 17.1. The summed E-state index contributed by atoms with van der Waals surface area (Å²) in [6.07, 6.45) is 3.78. The molecule has 1 aliphatic heterocycles. The molecule has 2 aromatic carbocycles. The lowest BCUT2D eigenvalue weighted by atomic mass is 10.0. The Bertz CT molecular complexity index is 892. The number of methoxy groups -OCH3 is 1. The number of nitrogens with one attached hydrogen (secondary N) is 1. The summed E-state index contributed by atoms with van der Waals surface area (Å²) in [4.78, 5) is 11.2. The van der Waals surface area contributed by atoms with Crippen LogP contribution in [0.1, 0.15) is 12.8 Å². The third-order valence-corrected chi connectivity index (χ3v) is 5.36. The van der Waals surface area contributed by atoms with E-state index >= 15 is 0 Å². The van der Waals surface area contributed by atoms with Crippen LogP contribution in [0.25, 0.3) is 10.9 Å². The minimum Gasteiger partial charge on any atom is -0.497 e. The van der Waals surface area contributed by atoms with E-state index in [-0.39, 0.29) is 0 Å². The topological polar surface area (TPSA) is 50.3 Å². The zero-order chi connectivity index (χ0) is 17.9. The molecule has 1 fully saturated rings. The molecule has 5 nitrogen and oxygen atoms in total. The summed E-state index contributed by atoms with van der Waals surface area (Å²) < 4.78 is 6.28. The molecule has 4 rings (SSSR count). The Morgan fingerprint density at radius 1 is 1.08 bits per heavy atom. The van der Waals surface area contributed by atoms with Crippen molar-refractivity contribution in [3.05, 3.63) is 53.3 Å². The van der Waals surface area contributed by atoms with E-state index in [1.807, 2.05) is 24.3 Å². The SMILES string of the molecule is COc1ccc(N2CCC(Nc3ncnc4ccc(Br)cc34)CC2)cc1. The van der Waals surface area contributed by atoms with Gasteiger partial charge in [0.25, 0.3) is 0 Å². The zero-order valence-corrected chi connectivity index (χ0v) is 16.2. The molecule has 2 heterocycles. The van der Waals surface area contributed by atoms with Gasteiger partial charge >= 0.3 is 0 Å². The first-order valence-electron chi connectivity index (χ1n) is 8.79. The second kappa shape index (κ2) is 7.50. The maximum absolute atomic E-state index is 5.24. The number of hydrogen-bond donors (Lipinski definition) is 1. The van der Waals surface area contributed by atoms with Crippen molar-refractivity contribution in [3.8, 4) is 5.75 Å². The Hall–Kier alpha value is -2.34. The summed E-state index contributed by atoms with van der Waals surface area (Å²) in [5, 5.41) is 4.68. The summed E-state index contributed by atoms with van der Waals surface area (Å²) in [6.45, 7) is 2.05. The lowest BCUT2D eigenvalue weighted by Gasteiger charge is -2.34. The first-order chi connectivity index (χ1) is 12.7. The Morgan fingerprint density at radius 3 is 2.58 bits per heavy atom. The molecule has 3 aromatic rings. The average molecular weight is 413 g/mol. The Labute approximate surface area is 161 Å². The zero-order valence-electron chi connectivity index (χ0n) is 14.7. The quantitative estimate of drug-likeness (QED) is 0.684. The third kappa shape index (κ3) is 3.60. The van der Waals surface area contributed by atoms with Crippen molar-refractivity contribution in [2.24, 2.45) is 0 Å². The second-order valence-electron chi connectivity index (χ2n) is 6.49. The summed E-state index contributed by atoms with van der Waals surface area (Å²) in [6, 6.07) is 14.8. The fourth-order valence-corrected chi connectivity index (χ4v) is 3.77. The number of halogens is 1. The molecule has 134 valence electrons. The van der Waals surface area contributed by atoms with E-state index in [9.17, 15) is 0 Å². The molecule has 0 spiro atoms. The van der Waals surface area contributed by atoms with E-state index in [0.29, 0.717) is 6.04 Å². The molecule has 6 heteroatoms. The van der Waals surface area contributed by atoms with Gasteiger partial charge in [-0.05, 0) is 55.3 Å². The fraction of sp³-hybridized carbons (Fsp3) is 0.300. The molecule has 0 unspecified atom stereocenters. The van der Waals surface area contributed by atoms with Gasteiger partial charge in [-0.2, -0.15) is 0 Å². The van der Waals surface area contributed by atoms with Crippen molar-refractivity contribution in [3.63, 3.8) is 0 Å². The summed E-state index contributed by atoms with van der Waals surface area (Å²) in [7, 11) is 1.70. The van der Waals surface area contributed by atoms with Gasteiger partial charge in [-0.1, -0.05) is 15.9 Å². The highest BCUT2D eigenvalue weighted by atomic mass is 79.9. The number of fused-ring (bicyclic) bond motifs is 1. The van der Waals surface area contributed by atoms with Gasteiger partial charge in [-0.3, -0.25) is 0 Å². The van der Waals surface area contributed by atoms with Crippen LogP contribution in [0.4, 0.5) is 11.5 Å². The van der Waals surface area contributed by atoms with Gasteiger partial charge in [0.2, 0.25) is 0 Å². The standard InChI is InChI=1S/C20H21BrN4O/c1-26-17-5-3-16(4-6-17)25-10-8-15(9-11-25)24-20-18-12-14(21)2-7-19(18)22-13-23-20/h2-7,12-13,15H,8-11H2,1H3,(H,22,23,24). The van der Waals surface area contributed by atoms with Crippen molar-refractivity contribution >= 4 is 38.3 Å². The van der Waals surface area contributed by atoms with E-state index in [1.165, 1.54) is 5.69 Å². The Balaban J connectivity index is 1.43. The van der Waals surface area contributed by atoms with Crippen LogP contribution in [0.5, 0.6) is 5.75 Å². The first-order valence-corrected chi connectivity index (χ1v) is 9.58. The summed E-state index contributed by atoms with van der Waals surface area (Å²) >= 11 is 3.54. The van der Waals surface area contributed by atoms with Crippen LogP contribution in [0.15, 0.2) is 53.3 Å². The van der Waals surface area contributed by atoms with Crippen molar-refractivity contribution in [2.75, 3.05) is 30.4 Å². The van der Waals surface area contributed by atoms with Crippen LogP contribution >= 0.6 is 15.9 Å². The van der Waals surface area contributed by atoms with E-state index in [4.69, 9.17) is 4.74 Å². The molecular weight excluding hydrogens is 392 g/mol. The van der Waals surface area contributed by atoms with Gasteiger partial charge in [-0.25, -0.2) is 9.97 Å². The highest BCUT2D eigenvalue weighted by molar-refractivity contribution is 9.10. The molecule has 0 radical (unpaired) electrons. The minimum absolute atomic E-state index is 0.418. The van der Waals surface area contributed by atoms with E-state index in [2.05, 4.69) is 54.3 Å². The van der Waals surface area contributed by atoms with Gasteiger partial charge in [0.1, 0.15) is 17.9 Å². The summed E-state index contributed by atoms with van der Waals surface area (Å²) in [5.74, 6) is 1.81. The number of hydrogen-bond acceptors (Lipinski definition) is 5. The minimum atomic E-state index is 0.418. The number of rotatable bonds is 4. The lowest BCUT2D eigenvalue weighted by molar-refractivity contribution is 0.414. The van der Waals surface area contributed by atoms with Gasteiger partial charge < -0.3 is 15.0 Å².